The molecule has 0 fully saturated rings. The molecule has 0 saturated heterocycles. The lowest BCUT2D eigenvalue weighted by molar-refractivity contribution is -0.141. The molecule has 1 aromatic heterocycles. The first kappa shape index (κ1) is 14.3. The van der Waals surface area contributed by atoms with E-state index in [2.05, 4.69) is 16.9 Å². The fourth-order valence-electron chi connectivity index (χ4n) is 1.13. The third-order valence-electron chi connectivity index (χ3n) is 1.90. The molecule has 0 aliphatic carbocycles. The number of alkyl halides is 3. The molecule has 0 aromatic carbocycles. The Morgan fingerprint density at radius 3 is 2.56 bits per heavy atom. The van der Waals surface area contributed by atoms with Gasteiger partial charge in [-0.3, -0.25) is 4.79 Å². The minimum Gasteiger partial charge on any atom is -0.365 e. The van der Waals surface area contributed by atoms with E-state index in [4.69, 9.17) is 17.3 Å². The lowest BCUT2D eigenvalue weighted by atomic mass is 10.2. The highest BCUT2D eigenvalue weighted by Gasteiger charge is 2.33. The van der Waals surface area contributed by atoms with Gasteiger partial charge in [0.2, 0.25) is 0 Å². The Labute approximate surface area is 106 Å². The molecular formula is C10H9ClF3N3O. The van der Waals surface area contributed by atoms with Gasteiger partial charge in [-0.1, -0.05) is 18.2 Å². The van der Waals surface area contributed by atoms with E-state index in [9.17, 15) is 18.0 Å². The van der Waals surface area contributed by atoms with E-state index in [0.717, 1.165) is 6.07 Å². The zero-order valence-corrected chi connectivity index (χ0v) is 9.77. The number of nitrogens with one attached hydrogen (secondary N) is 1. The summed E-state index contributed by atoms with van der Waals surface area (Å²) in [5.41, 5.74) is 3.74. The van der Waals surface area contributed by atoms with Crippen molar-refractivity contribution in [1.82, 2.24) is 4.98 Å². The van der Waals surface area contributed by atoms with Crippen LogP contribution in [0.15, 0.2) is 23.7 Å². The Balaban J connectivity index is 3.15. The van der Waals surface area contributed by atoms with Crippen molar-refractivity contribution in [2.75, 3.05) is 11.9 Å². The number of carbonyl (C=O) groups excluding carboxylic acids is 1. The number of pyridine rings is 1. The number of aromatic nitrogens is 1. The highest BCUT2D eigenvalue weighted by atomic mass is 35.5. The fourth-order valence-corrected chi connectivity index (χ4v) is 1.20. The van der Waals surface area contributed by atoms with Crippen LogP contribution >= 0.6 is 11.6 Å². The average molecular weight is 280 g/mol. The molecule has 1 heterocycles. The van der Waals surface area contributed by atoms with Crippen molar-refractivity contribution < 1.29 is 18.0 Å². The molecular weight excluding hydrogens is 271 g/mol. The number of carbonyl (C=O) groups is 1. The molecule has 0 bridgehead atoms. The first-order valence-electron chi connectivity index (χ1n) is 4.67. The van der Waals surface area contributed by atoms with Gasteiger partial charge in [-0.25, -0.2) is 4.98 Å². The maximum absolute atomic E-state index is 12.4. The summed E-state index contributed by atoms with van der Waals surface area (Å²) in [6, 6.07) is 1.64. The number of hydrogen-bond donors (Lipinski definition) is 2. The van der Waals surface area contributed by atoms with Crippen LogP contribution in [0.2, 0.25) is 0 Å². The molecule has 0 saturated carbocycles. The van der Waals surface area contributed by atoms with E-state index in [1.807, 2.05) is 0 Å². The Bertz CT molecular complexity index is 488. The molecule has 4 nitrogen and oxygen atoms in total. The Morgan fingerprint density at radius 2 is 2.11 bits per heavy atom. The third kappa shape index (κ3) is 3.63. The first-order chi connectivity index (χ1) is 8.21. The van der Waals surface area contributed by atoms with E-state index in [0.29, 0.717) is 6.07 Å². The molecule has 0 unspecified atom stereocenters. The molecule has 1 rings (SSSR count). The first-order valence-corrected chi connectivity index (χ1v) is 5.05. The normalized spacial score (nSPS) is 11.1. The largest absolute Gasteiger partial charge is 0.433 e. The van der Waals surface area contributed by atoms with Crippen molar-refractivity contribution in [3.05, 3.63) is 35.0 Å². The molecule has 0 atom stereocenters. The highest BCUT2D eigenvalue weighted by Crippen LogP contribution is 2.29. The van der Waals surface area contributed by atoms with Gasteiger partial charge in [-0.15, -0.1) is 0 Å². The molecule has 0 aliphatic heterocycles. The number of anilines is 1. The second-order valence-corrected chi connectivity index (χ2v) is 3.86. The molecule has 18 heavy (non-hydrogen) atoms. The van der Waals surface area contributed by atoms with Crippen molar-refractivity contribution in [3.8, 4) is 0 Å². The van der Waals surface area contributed by atoms with Gasteiger partial charge in [0.05, 0.1) is 12.1 Å². The molecule has 1 amide bonds. The molecule has 0 radical (unpaired) electrons. The molecule has 0 aliphatic rings. The number of amides is 1. The molecule has 8 heteroatoms. The van der Waals surface area contributed by atoms with E-state index in [-0.39, 0.29) is 23.0 Å². The summed E-state index contributed by atoms with van der Waals surface area (Å²) in [6.07, 6.45) is -4.61. The molecule has 3 N–H and O–H groups in total. The highest BCUT2D eigenvalue weighted by molar-refractivity contribution is 6.29. The molecule has 98 valence electrons. The quantitative estimate of drug-likeness (QED) is 0.889. The van der Waals surface area contributed by atoms with Crippen LogP contribution in [0.4, 0.5) is 19.0 Å². The smallest absolute Gasteiger partial charge is 0.365 e. The predicted octanol–water partition coefficient (Wildman–Crippen LogP) is 2.36. The topological polar surface area (TPSA) is 68.0 Å². The average Bonchev–Trinajstić information content (AvgIpc) is 2.24. The van der Waals surface area contributed by atoms with Crippen molar-refractivity contribution in [2.45, 2.75) is 6.18 Å². The number of hydrogen-bond acceptors (Lipinski definition) is 3. The van der Waals surface area contributed by atoms with Gasteiger partial charge >= 0.3 is 6.18 Å². The molecule has 0 spiro atoms. The Kier molecular flexibility index (Phi) is 4.18. The van der Waals surface area contributed by atoms with Crippen LogP contribution in [0.5, 0.6) is 0 Å². The van der Waals surface area contributed by atoms with Crippen LogP contribution in [0.1, 0.15) is 16.1 Å². The number of halogens is 4. The van der Waals surface area contributed by atoms with Crippen molar-refractivity contribution in [1.29, 1.82) is 0 Å². The van der Waals surface area contributed by atoms with E-state index >= 15 is 0 Å². The second-order valence-electron chi connectivity index (χ2n) is 3.33. The third-order valence-corrected chi connectivity index (χ3v) is 2.03. The maximum atomic E-state index is 12.4. The zero-order valence-electron chi connectivity index (χ0n) is 9.01. The monoisotopic (exact) mass is 279 g/mol. The van der Waals surface area contributed by atoms with Gasteiger partial charge < -0.3 is 11.1 Å². The van der Waals surface area contributed by atoms with Crippen LogP contribution < -0.4 is 11.1 Å². The standard InChI is InChI=1S/C10H9ClF3N3O/c1-5(11)4-16-9-6(8(15)18)2-3-7(17-9)10(12,13)14/h2-3H,1,4H2,(H2,15,18)(H,16,17). The number of rotatable bonds is 4. The summed E-state index contributed by atoms with van der Waals surface area (Å²) in [7, 11) is 0. The Morgan fingerprint density at radius 1 is 1.50 bits per heavy atom. The van der Waals surface area contributed by atoms with Crippen LogP contribution in [-0.2, 0) is 6.18 Å². The number of nitrogens with two attached hydrogens (primary N) is 1. The zero-order chi connectivity index (χ0) is 13.9. The van der Waals surface area contributed by atoms with Gasteiger partial charge in [0.25, 0.3) is 5.91 Å². The van der Waals surface area contributed by atoms with Crippen molar-refractivity contribution in [3.63, 3.8) is 0 Å². The predicted molar refractivity (Wildman–Crippen MR) is 61.2 cm³/mol. The van der Waals surface area contributed by atoms with E-state index < -0.39 is 17.8 Å². The lowest BCUT2D eigenvalue weighted by Crippen LogP contribution is -2.18. The summed E-state index contributed by atoms with van der Waals surface area (Å²) in [6.45, 7) is 3.32. The number of primary amides is 1. The SMILES string of the molecule is C=C(Cl)CNc1nc(C(F)(F)F)ccc1C(N)=O. The lowest BCUT2D eigenvalue weighted by Gasteiger charge is -2.12. The van der Waals surface area contributed by atoms with Crippen LogP contribution in [0.3, 0.4) is 0 Å². The molecule has 1 aromatic rings. The van der Waals surface area contributed by atoms with Crippen LogP contribution in [-0.4, -0.2) is 17.4 Å². The van der Waals surface area contributed by atoms with E-state index in [1.165, 1.54) is 0 Å². The summed E-state index contributed by atoms with van der Waals surface area (Å²) in [4.78, 5) is 14.3. The van der Waals surface area contributed by atoms with Gasteiger partial charge in [0, 0.05) is 5.03 Å². The minimum absolute atomic E-state index is 0.0316. The van der Waals surface area contributed by atoms with Gasteiger partial charge in [0.15, 0.2) is 0 Å². The van der Waals surface area contributed by atoms with Crippen LogP contribution in [0.25, 0.3) is 0 Å². The fraction of sp³-hybridized carbons (Fsp3) is 0.200. The minimum atomic E-state index is -4.61. The second kappa shape index (κ2) is 5.26. The number of nitrogens with zero attached hydrogens (tertiary/aromatic N) is 1. The maximum Gasteiger partial charge on any atom is 0.433 e. The summed E-state index contributed by atoms with van der Waals surface area (Å²) in [5.74, 6) is -1.17. The Hall–Kier alpha value is -1.76. The van der Waals surface area contributed by atoms with Crippen molar-refractivity contribution in [2.24, 2.45) is 5.73 Å². The van der Waals surface area contributed by atoms with E-state index in [1.54, 1.807) is 0 Å². The van der Waals surface area contributed by atoms with Gasteiger partial charge in [0.1, 0.15) is 11.5 Å². The van der Waals surface area contributed by atoms with Gasteiger partial charge in [-0.2, -0.15) is 13.2 Å². The summed E-state index contributed by atoms with van der Waals surface area (Å²) in [5, 5.41) is 2.62. The van der Waals surface area contributed by atoms with Crippen LogP contribution in [0, 0.1) is 0 Å². The van der Waals surface area contributed by atoms with Gasteiger partial charge in [-0.05, 0) is 12.1 Å². The summed E-state index contributed by atoms with van der Waals surface area (Å²) < 4.78 is 37.3. The summed E-state index contributed by atoms with van der Waals surface area (Å²) >= 11 is 5.47. The van der Waals surface area contributed by atoms with Crippen molar-refractivity contribution >= 4 is 23.3 Å².